The molecule has 1 amide bonds. The summed E-state index contributed by atoms with van der Waals surface area (Å²) in [4.78, 5) is 11.4. The molecule has 1 rings (SSSR count). The van der Waals surface area contributed by atoms with Gasteiger partial charge in [-0.2, -0.15) is 0 Å². The van der Waals surface area contributed by atoms with Gasteiger partial charge >= 0.3 is 0 Å². The minimum Gasteiger partial charge on any atom is -0.381 e. The average Bonchev–Trinajstić information content (AvgIpc) is 2.25. The second kappa shape index (κ2) is 7.66. The predicted molar refractivity (Wildman–Crippen MR) is 65.2 cm³/mol. The molecule has 0 bridgehead atoms. The number of carbonyl (C=O) groups is 1. The van der Waals surface area contributed by atoms with Gasteiger partial charge in [-0.3, -0.25) is 4.79 Å². The summed E-state index contributed by atoms with van der Waals surface area (Å²) >= 11 is 0. The Hall–Kier alpha value is -0.570. The number of ether oxygens (including phenoxy) is 1. The van der Waals surface area contributed by atoms with Gasteiger partial charge < -0.3 is 10.1 Å². The largest absolute Gasteiger partial charge is 0.381 e. The molecular formula is C13H25NO2. The average molecular weight is 227 g/mol. The zero-order chi connectivity index (χ0) is 11.8. The lowest BCUT2D eigenvalue weighted by Crippen LogP contribution is -2.26. The highest BCUT2D eigenvalue weighted by molar-refractivity contribution is 5.75. The summed E-state index contributed by atoms with van der Waals surface area (Å²) in [7, 11) is 0. The van der Waals surface area contributed by atoms with Crippen molar-refractivity contribution in [3.8, 4) is 0 Å². The van der Waals surface area contributed by atoms with Crippen LogP contribution in [0.5, 0.6) is 0 Å². The van der Waals surface area contributed by atoms with Crippen LogP contribution in [-0.4, -0.2) is 25.7 Å². The van der Waals surface area contributed by atoms with E-state index in [2.05, 4.69) is 19.2 Å². The first-order chi connectivity index (χ1) is 7.68. The fraction of sp³-hybridized carbons (Fsp3) is 0.923. The van der Waals surface area contributed by atoms with Gasteiger partial charge in [-0.25, -0.2) is 0 Å². The fourth-order valence-corrected chi connectivity index (χ4v) is 2.10. The van der Waals surface area contributed by atoms with Crippen molar-refractivity contribution in [2.45, 2.75) is 46.0 Å². The molecule has 1 saturated heterocycles. The maximum Gasteiger partial charge on any atom is 0.220 e. The Morgan fingerprint density at radius 1 is 1.38 bits per heavy atom. The molecule has 0 spiro atoms. The van der Waals surface area contributed by atoms with Crippen LogP contribution >= 0.6 is 0 Å². The third-order valence-electron chi connectivity index (χ3n) is 3.05. The lowest BCUT2D eigenvalue weighted by Gasteiger charge is -2.21. The Morgan fingerprint density at radius 2 is 2.06 bits per heavy atom. The first kappa shape index (κ1) is 13.5. The van der Waals surface area contributed by atoms with E-state index in [0.717, 1.165) is 32.1 Å². The lowest BCUT2D eigenvalue weighted by molar-refractivity contribution is -0.121. The molecule has 0 saturated carbocycles. The van der Waals surface area contributed by atoms with Crippen molar-refractivity contribution in [3.63, 3.8) is 0 Å². The quantitative estimate of drug-likeness (QED) is 0.707. The maximum absolute atomic E-state index is 11.4. The van der Waals surface area contributed by atoms with Crippen LogP contribution in [0.2, 0.25) is 0 Å². The Morgan fingerprint density at radius 3 is 2.69 bits per heavy atom. The van der Waals surface area contributed by atoms with Crippen LogP contribution < -0.4 is 5.32 Å². The topological polar surface area (TPSA) is 38.3 Å². The van der Waals surface area contributed by atoms with Crippen molar-refractivity contribution < 1.29 is 9.53 Å². The number of rotatable bonds is 6. The number of hydrogen-bond donors (Lipinski definition) is 1. The summed E-state index contributed by atoms with van der Waals surface area (Å²) in [6, 6.07) is 0. The standard InChI is InChI=1S/C13H25NO2/c1-11(2)10-13(15)14-7-3-4-12-5-8-16-9-6-12/h11-12H,3-10H2,1-2H3,(H,14,15). The Balaban J connectivity index is 1.96. The molecule has 0 aromatic carbocycles. The summed E-state index contributed by atoms with van der Waals surface area (Å²) in [5.74, 6) is 1.47. The monoisotopic (exact) mass is 227 g/mol. The van der Waals surface area contributed by atoms with Crippen LogP contribution in [0.3, 0.4) is 0 Å². The van der Waals surface area contributed by atoms with Crippen molar-refractivity contribution in [1.29, 1.82) is 0 Å². The summed E-state index contributed by atoms with van der Waals surface area (Å²) in [6.45, 7) is 6.82. The lowest BCUT2D eigenvalue weighted by atomic mass is 9.95. The van der Waals surface area contributed by atoms with Gasteiger partial charge in [-0.1, -0.05) is 13.8 Å². The molecule has 16 heavy (non-hydrogen) atoms. The molecule has 1 heterocycles. The second-order valence-electron chi connectivity index (χ2n) is 5.15. The molecule has 1 aliphatic heterocycles. The van der Waals surface area contributed by atoms with E-state index in [9.17, 15) is 4.79 Å². The molecule has 0 atom stereocenters. The zero-order valence-corrected chi connectivity index (χ0v) is 10.6. The Bertz CT molecular complexity index is 198. The normalized spacial score (nSPS) is 17.7. The van der Waals surface area contributed by atoms with Gasteiger partial charge in [0.05, 0.1) is 0 Å². The molecule has 94 valence electrons. The molecule has 0 aromatic heterocycles. The molecule has 3 heteroatoms. The van der Waals surface area contributed by atoms with E-state index >= 15 is 0 Å². The molecule has 1 aliphatic rings. The predicted octanol–water partition coefficient (Wildman–Crippen LogP) is 2.36. The van der Waals surface area contributed by atoms with Gasteiger partial charge in [0, 0.05) is 26.2 Å². The number of carbonyl (C=O) groups excluding carboxylic acids is 1. The van der Waals surface area contributed by atoms with E-state index < -0.39 is 0 Å². The van der Waals surface area contributed by atoms with Crippen LogP contribution in [-0.2, 0) is 9.53 Å². The highest BCUT2D eigenvalue weighted by atomic mass is 16.5. The van der Waals surface area contributed by atoms with Crippen LogP contribution in [0, 0.1) is 11.8 Å². The van der Waals surface area contributed by atoms with Crippen LogP contribution in [0.15, 0.2) is 0 Å². The summed E-state index contributed by atoms with van der Waals surface area (Å²) in [5, 5.41) is 2.98. The first-order valence-corrected chi connectivity index (χ1v) is 6.53. The van der Waals surface area contributed by atoms with Gasteiger partial charge in [0.25, 0.3) is 0 Å². The highest BCUT2D eigenvalue weighted by Crippen LogP contribution is 2.19. The molecule has 0 aromatic rings. The molecule has 1 N–H and O–H groups in total. The number of nitrogens with one attached hydrogen (secondary N) is 1. The molecule has 0 radical (unpaired) electrons. The molecule has 1 fully saturated rings. The highest BCUT2D eigenvalue weighted by Gasteiger charge is 2.13. The van der Waals surface area contributed by atoms with Crippen molar-refractivity contribution in [3.05, 3.63) is 0 Å². The maximum atomic E-state index is 11.4. The minimum atomic E-state index is 0.196. The van der Waals surface area contributed by atoms with E-state index in [4.69, 9.17) is 4.74 Å². The van der Waals surface area contributed by atoms with E-state index in [0.29, 0.717) is 12.3 Å². The summed E-state index contributed by atoms with van der Waals surface area (Å²) < 4.78 is 5.32. The van der Waals surface area contributed by atoms with E-state index in [-0.39, 0.29) is 5.91 Å². The smallest absolute Gasteiger partial charge is 0.220 e. The van der Waals surface area contributed by atoms with Gasteiger partial charge in [0.2, 0.25) is 5.91 Å². The van der Waals surface area contributed by atoms with E-state index in [1.807, 2.05) is 0 Å². The Kier molecular flexibility index (Phi) is 6.46. The summed E-state index contributed by atoms with van der Waals surface area (Å²) in [5.41, 5.74) is 0. The van der Waals surface area contributed by atoms with E-state index in [1.54, 1.807) is 0 Å². The van der Waals surface area contributed by atoms with Gasteiger partial charge in [0.15, 0.2) is 0 Å². The summed E-state index contributed by atoms with van der Waals surface area (Å²) in [6.07, 6.45) is 5.37. The van der Waals surface area contributed by atoms with E-state index in [1.165, 1.54) is 19.3 Å². The zero-order valence-electron chi connectivity index (χ0n) is 10.6. The fourth-order valence-electron chi connectivity index (χ4n) is 2.10. The van der Waals surface area contributed by atoms with Crippen LogP contribution in [0.4, 0.5) is 0 Å². The number of amides is 1. The molecule has 0 aliphatic carbocycles. The van der Waals surface area contributed by atoms with Crippen molar-refractivity contribution in [2.24, 2.45) is 11.8 Å². The van der Waals surface area contributed by atoms with Crippen LogP contribution in [0.1, 0.15) is 46.0 Å². The van der Waals surface area contributed by atoms with Gasteiger partial charge in [-0.05, 0) is 37.5 Å². The van der Waals surface area contributed by atoms with Crippen molar-refractivity contribution >= 4 is 5.91 Å². The van der Waals surface area contributed by atoms with Crippen molar-refractivity contribution in [1.82, 2.24) is 5.32 Å². The van der Waals surface area contributed by atoms with Gasteiger partial charge in [0.1, 0.15) is 0 Å². The minimum absolute atomic E-state index is 0.196. The number of hydrogen-bond acceptors (Lipinski definition) is 2. The SMILES string of the molecule is CC(C)CC(=O)NCCCC1CCOCC1. The Labute approximate surface area is 98.9 Å². The van der Waals surface area contributed by atoms with Crippen LogP contribution in [0.25, 0.3) is 0 Å². The van der Waals surface area contributed by atoms with Crippen molar-refractivity contribution in [2.75, 3.05) is 19.8 Å². The third-order valence-corrected chi connectivity index (χ3v) is 3.05. The molecule has 3 nitrogen and oxygen atoms in total. The third kappa shape index (κ3) is 6.11. The molecule has 0 unspecified atom stereocenters. The molecular weight excluding hydrogens is 202 g/mol. The second-order valence-corrected chi connectivity index (χ2v) is 5.15. The van der Waals surface area contributed by atoms with Gasteiger partial charge in [-0.15, -0.1) is 0 Å². The first-order valence-electron chi connectivity index (χ1n) is 6.53.